The molecule has 1 aromatic heterocycles. The summed E-state index contributed by atoms with van der Waals surface area (Å²) in [6.45, 7) is 0.622. The second kappa shape index (κ2) is 9.68. The molecular weight excluding hydrogens is 495 g/mol. The minimum atomic E-state index is -1.02. The average molecular weight is 523 g/mol. The summed E-state index contributed by atoms with van der Waals surface area (Å²) in [5.41, 5.74) is 0.454. The third-order valence-electron chi connectivity index (χ3n) is 7.24. The molecule has 3 heterocycles. The van der Waals surface area contributed by atoms with E-state index in [4.69, 9.17) is 12.6 Å². The molecule has 1 unspecified atom stereocenters. The van der Waals surface area contributed by atoms with E-state index in [1.807, 2.05) is 30.1 Å². The van der Waals surface area contributed by atoms with Crippen molar-refractivity contribution < 1.29 is 19.1 Å². The molecule has 0 aliphatic carbocycles. The molecule has 2 aliphatic rings. The highest BCUT2D eigenvalue weighted by Crippen LogP contribution is 2.40. The van der Waals surface area contributed by atoms with Crippen LogP contribution >= 0.6 is 12.6 Å². The van der Waals surface area contributed by atoms with Crippen molar-refractivity contribution in [2.75, 3.05) is 13.6 Å². The number of hydrogen-bond donors (Lipinski definition) is 3. The lowest BCUT2D eigenvalue weighted by Crippen LogP contribution is -2.69. The molecule has 1 saturated heterocycles. The van der Waals surface area contributed by atoms with E-state index in [0.29, 0.717) is 18.5 Å². The number of aromatic hydroxyl groups is 1. The maximum Gasteiger partial charge on any atom is 0.276 e. The monoisotopic (exact) mass is 522 g/mol. The van der Waals surface area contributed by atoms with Crippen molar-refractivity contribution in [3.05, 3.63) is 99.2 Å². The predicted octanol–water partition coefficient (Wildman–Crippen LogP) is 2.61. The second-order valence-corrected chi connectivity index (χ2v) is 10.2. The van der Waals surface area contributed by atoms with Crippen molar-refractivity contribution in [3.8, 4) is 5.75 Å². The smallest absolute Gasteiger partial charge is 0.276 e. The van der Waals surface area contributed by atoms with Crippen LogP contribution in [-0.2, 0) is 19.5 Å². The van der Waals surface area contributed by atoms with E-state index in [0.717, 1.165) is 6.42 Å². The van der Waals surface area contributed by atoms with Gasteiger partial charge in [0.15, 0.2) is 16.4 Å². The highest BCUT2D eigenvalue weighted by atomic mass is 32.1. The molecule has 2 N–H and O–H groups in total. The van der Waals surface area contributed by atoms with Crippen molar-refractivity contribution in [3.63, 3.8) is 0 Å². The van der Waals surface area contributed by atoms with E-state index in [1.165, 1.54) is 40.6 Å². The molecule has 2 amide bonds. The predicted molar refractivity (Wildman–Crippen MR) is 139 cm³/mol. The summed E-state index contributed by atoms with van der Waals surface area (Å²) in [4.78, 5) is 41.8. The van der Waals surface area contributed by atoms with Crippen LogP contribution in [0.25, 0.3) is 0 Å². The van der Waals surface area contributed by atoms with Crippen LogP contribution in [0.3, 0.4) is 0 Å². The summed E-state index contributed by atoms with van der Waals surface area (Å²) in [5, 5.41) is 13.3. The Bertz CT molecular complexity index is 1410. The fourth-order valence-electron chi connectivity index (χ4n) is 5.12. The standard InChI is InChI=1S/C27H27FN4O4S/c1-30-20(13-17-5-3-2-4-6-17)11-12-32-26(36)22-24(34)23(33)21(15-31(22)16-27(30,32)37)25(35)29-14-18-7-9-19(28)10-8-18/h2-10,15,20,34,37H,11-14,16H2,1H3,(H,29,35)/t20-,27?/m1/s1. The molecule has 0 radical (unpaired) electrons. The number of nitrogens with zero attached hydrogens (tertiary/aromatic N) is 3. The number of amides is 2. The zero-order valence-corrected chi connectivity index (χ0v) is 21.1. The van der Waals surface area contributed by atoms with E-state index < -0.39 is 33.8 Å². The number of pyridine rings is 1. The molecular formula is C27H27FN4O4S. The largest absolute Gasteiger partial charge is 0.503 e. The Morgan fingerprint density at radius 1 is 1.14 bits per heavy atom. The second-order valence-electron chi connectivity index (χ2n) is 9.48. The number of likely N-dealkylation sites (N-methyl/N-ethyl adjacent to an activating group) is 1. The molecule has 2 atom stereocenters. The SMILES string of the molecule is CN1[C@@H](Cc2ccccc2)CCN2C(=O)c3c(O)c(=O)c(C(=O)NCc4ccc(F)cc4)cn3CC21S. The van der Waals surface area contributed by atoms with E-state index in [2.05, 4.69) is 17.4 Å². The molecule has 192 valence electrons. The van der Waals surface area contributed by atoms with Gasteiger partial charge in [0, 0.05) is 25.3 Å². The summed E-state index contributed by atoms with van der Waals surface area (Å²) in [6, 6.07) is 15.8. The fourth-order valence-corrected chi connectivity index (χ4v) is 5.62. The summed E-state index contributed by atoms with van der Waals surface area (Å²) in [5.74, 6) is -2.38. The van der Waals surface area contributed by atoms with Crippen LogP contribution in [0.4, 0.5) is 4.39 Å². The van der Waals surface area contributed by atoms with Crippen LogP contribution in [0, 0.1) is 5.82 Å². The van der Waals surface area contributed by atoms with Crippen molar-refractivity contribution >= 4 is 24.4 Å². The first-order valence-electron chi connectivity index (χ1n) is 12.0. The molecule has 5 rings (SSSR count). The van der Waals surface area contributed by atoms with Crippen molar-refractivity contribution in [2.45, 2.75) is 37.0 Å². The van der Waals surface area contributed by atoms with E-state index in [9.17, 15) is 23.9 Å². The van der Waals surface area contributed by atoms with Gasteiger partial charge in [0.1, 0.15) is 11.4 Å². The van der Waals surface area contributed by atoms with Gasteiger partial charge in [-0.3, -0.25) is 19.3 Å². The Balaban J connectivity index is 1.42. The molecule has 37 heavy (non-hydrogen) atoms. The summed E-state index contributed by atoms with van der Waals surface area (Å²) >= 11 is 4.94. The molecule has 3 aromatic rings. The number of hydrogen-bond acceptors (Lipinski definition) is 6. The van der Waals surface area contributed by atoms with Gasteiger partial charge in [0.25, 0.3) is 11.8 Å². The van der Waals surface area contributed by atoms with E-state index in [-0.39, 0.29) is 30.4 Å². The molecule has 2 aliphatic heterocycles. The van der Waals surface area contributed by atoms with Crippen molar-refractivity contribution in [1.29, 1.82) is 0 Å². The Morgan fingerprint density at radius 2 is 1.84 bits per heavy atom. The number of carbonyl (C=O) groups is 2. The quantitative estimate of drug-likeness (QED) is 0.448. The Kier molecular flexibility index (Phi) is 6.55. The van der Waals surface area contributed by atoms with Gasteiger partial charge >= 0.3 is 0 Å². The third kappa shape index (κ3) is 4.51. The summed E-state index contributed by atoms with van der Waals surface area (Å²) in [6.07, 6.45) is 2.79. The zero-order valence-electron chi connectivity index (χ0n) is 20.2. The molecule has 0 bridgehead atoms. The topological polar surface area (TPSA) is 94.9 Å². The van der Waals surface area contributed by atoms with Gasteiger partial charge in [-0.1, -0.05) is 42.5 Å². The number of thiol groups is 1. The third-order valence-corrected chi connectivity index (χ3v) is 7.94. The number of halogens is 1. The number of nitrogens with one attached hydrogen (secondary N) is 1. The lowest BCUT2D eigenvalue weighted by atomic mass is 9.97. The maximum atomic E-state index is 13.5. The number of benzene rings is 2. The maximum absolute atomic E-state index is 13.5. The van der Waals surface area contributed by atoms with Gasteiger partial charge in [0.2, 0.25) is 5.43 Å². The number of fused-ring (bicyclic) bond motifs is 2. The van der Waals surface area contributed by atoms with Crippen LogP contribution < -0.4 is 10.7 Å². The summed E-state index contributed by atoms with van der Waals surface area (Å²) < 4.78 is 14.6. The molecule has 0 saturated carbocycles. The van der Waals surface area contributed by atoms with Gasteiger partial charge in [0.05, 0.1) is 6.54 Å². The van der Waals surface area contributed by atoms with E-state index >= 15 is 0 Å². The Morgan fingerprint density at radius 3 is 2.54 bits per heavy atom. The highest BCUT2D eigenvalue weighted by molar-refractivity contribution is 7.81. The molecule has 2 aromatic carbocycles. The van der Waals surface area contributed by atoms with E-state index in [1.54, 1.807) is 4.90 Å². The normalized spacial score (nSPS) is 21.3. The van der Waals surface area contributed by atoms with Crippen LogP contribution in [0.1, 0.15) is 38.4 Å². The minimum absolute atomic E-state index is 0.0637. The van der Waals surface area contributed by atoms with Gasteiger partial charge in [-0.15, -0.1) is 12.6 Å². The van der Waals surface area contributed by atoms with Crippen LogP contribution in [0.5, 0.6) is 5.75 Å². The Labute approximate surface area is 218 Å². The van der Waals surface area contributed by atoms with Gasteiger partial charge in [-0.05, 0) is 43.1 Å². The van der Waals surface area contributed by atoms with Crippen LogP contribution in [-0.4, -0.2) is 55.9 Å². The zero-order chi connectivity index (χ0) is 26.3. The lowest BCUT2D eigenvalue weighted by molar-refractivity contribution is -0.0437. The van der Waals surface area contributed by atoms with Gasteiger partial charge in [-0.2, -0.15) is 0 Å². The fraction of sp³-hybridized carbons (Fsp3) is 0.296. The van der Waals surface area contributed by atoms with Crippen molar-refractivity contribution in [2.24, 2.45) is 0 Å². The van der Waals surface area contributed by atoms with Crippen LogP contribution in [0.2, 0.25) is 0 Å². The first kappa shape index (κ1) is 25.0. The first-order valence-corrected chi connectivity index (χ1v) is 12.4. The minimum Gasteiger partial charge on any atom is -0.503 e. The average Bonchev–Trinajstić information content (AvgIpc) is 2.88. The molecule has 0 spiro atoms. The molecule has 10 heteroatoms. The number of rotatable bonds is 5. The van der Waals surface area contributed by atoms with Crippen LogP contribution in [0.15, 0.2) is 65.6 Å². The Hall–Kier alpha value is -3.63. The molecule has 1 fully saturated rings. The molecule has 8 nitrogen and oxygen atoms in total. The highest BCUT2D eigenvalue weighted by Gasteiger charge is 2.51. The number of aromatic nitrogens is 1. The lowest BCUT2D eigenvalue weighted by Gasteiger charge is -2.55. The van der Waals surface area contributed by atoms with Crippen molar-refractivity contribution in [1.82, 2.24) is 19.7 Å². The van der Waals surface area contributed by atoms with Gasteiger partial charge < -0.3 is 19.9 Å². The number of carbonyl (C=O) groups excluding carboxylic acids is 2. The van der Waals surface area contributed by atoms with Gasteiger partial charge in [-0.25, -0.2) is 4.39 Å². The summed E-state index contributed by atoms with van der Waals surface area (Å²) in [7, 11) is 1.91. The first-order chi connectivity index (χ1) is 17.7.